The summed E-state index contributed by atoms with van der Waals surface area (Å²) < 4.78 is 3.13. The Morgan fingerprint density at radius 2 is 2.11 bits per heavy atom. The first-order chi connectivity index (χ1) is 8.56. The summed E-state index contributed by atoms with van der Waals surface area (Å²) in [5, 5.41) is 13.1. The molecule has 0 aliphatic rings. The Hall–Kier alpha value is -2.11. The van der Waals surface area contributed by atoms with Crippen molar-refractivity contribution in [1.82, 2.24) is 14.2 Å². The molecule has 96 valence electrons. The predicted molar refractivity (Wildman–Crippen MR) is 65.8 cm³/mol. The van der Waals surface area contributed by atoms with Crippen molar-refractivity contribution < 1.29 is 9.90 Å². The minimum Gasteiger partial charge on any atom is -0.481 e. The molecule has 6 nitrogen and oxygen atoms in total. The molecule has 0 aromatic carbocycles. The third-order valence-electron chi connectivity index (χ3n) is 2.87. The first-order valence-electron chi connectivity index (χ1n) is 5.90. The van der Waals surface area contributed by atoms with Gasteiger partial charge in [-0.1, -0.05) is 6.92 Å². The van der Waals surface area contributed by atoms with Gasteiger partial charge in [-0.05, 0) is 13.3 Å². The summed E-state index contributed by atoms with van der Waals surface area (Å²) in [5.74, 6) is -0.948. The molecule has 1 N–H and O–H groups in total. The van der Waals surface area contributed by atoms with Gasteiger partial charge in [-0.3, -0.25) is 9.59 Å². The molecule has 0 atom stereocenters. The number of aliphatic carboxylic acids is 1. The van der Waals surface area contributed by atoms with E-state index in [2.05, 4.69) is 5.10 Å². The number of hydrogen-bond acceptors (Lipinski definition) is 3. The van der Waals surface area contributed by atoms with Crippen molar-refractivity contribution in [2.45, 2.75) is 33.2 Å². The van der Waals surface area contributed by atoms with Gasteiger partial charge in [-0.25, -0.2) is 0 Å². The third kappa shape index (κ3) is 2.01. The molecule has 0 radical (unpaired) electrons. The molecule has 0 unspecified atom stereocenters. The standard InChI is InChI=1S/C12H15N3O3/c1-3-8-5-10-14(4-2)9(7-12(17)18)6-11(16)15(10)13-8/h5-6H,3-4,7H2,1-2H3,(H,17,18). The molecular formula is C12H15N3O3. The van der Waals surface area contributed by atoms with Crippen molar-refractivity contribution in [2.24, 2.45) is 0 Å². The molecule has 0 saturated heterocycles. The molecule has 0 aliphatic heterocycles. The molecule has 2 heterocycles. The van der Waals surface area contributed by atoms with E-state index < -0.39 is 5.97 Å². The number of hydrogen-bond donors (Lipinski definition) is 1. The van der Waals surface area contributed by atoms with Crippen LogP contribution < -0.4 is 5.56 Å². The van der Waals surface area contributed by atoms with Crippen LogP contribution in [-0.2, 0) is 24.2 Å². The van der Waals surface area contributed by atoms with Crippen LogP contribution in [0.25, 0.3) is 5.65 Å². The van der Waals surface area contributed by atoms with Gasteiger partial charge in [0, 0.05) is 24.4 Å². The number of fused-ring (bicyclic) bond motifs is 1. The van der Waals surface area contributed by atoms with Gasteiger partial charge in [0.2, 0.25) is 0 Å². The largest absolute Gasteiger partial charge is 0.481 e. The van der Waals surface area contributed by atoms with Crippen molar-refractivity contribution in [3.63, 3.8) is 0 Å². The summed E-state index contributed by atoms with van der Waals surface area (Å²) in [5.41, 5.74) is 1.69. The lowest BCUT2D eigenvalue weighted by molar-refractivity contribution is -0.136. The van der Waals surface area contributed by atoms with Crippen LogP contribution in [-0.4, -0.2) is 25.3 Å². The van der Waals surface area contributed by atoms with Crippen molar-refractivity contribution in [3.05, 3.63) is 33.9 Å². The van der Waals surface area contributed by atoms with Crippen LogP contribution in [0.1, 0.15) is 25.2 Å². The fourth-order valence-corrected chi connectivity index (χ4v) is 2.04. The van der Waals surface area contributed by atoms with E-state index in [1.807, 2.05) is 24.5 Å². The number of nitrogens with zero attached hydrogens (tertiary/aromatic N) is 3. The third-order valence-corrected chi connectivity index (χ3v) is 2.87. The summed E-state index contributed by atoms with van der Waals surface area (Å²) in [6.07, 6.45) is 0.575. The van der Waals surface area contributed by atoms with Crippen molar-refractivity contribution >= 4 is 11.6 Å². The highest BCUT2D eigenvalue weighted by molar-refractivity contribution is 5.69. The molecule has 0 bridgehead atoms. The molecule has 0 saturated carbocycles. The molecule has 0 spiro atoms. The maximum atomic E-state index is 11.9. The second-order valence-corrected chi connectivity index (χ2v) is 4.05. The van der Waals surface area contributed by atoms with E-state index in [4.69, 9.17) is 5.11 Å². The molecule has 0 amide bonds. The van der Waals surface area contributed by atoms with Gasteiger partial charge in [0.05, 0.1) is 12.1 Å². The van der Waals surface area contributed by atoms with E-state index in [0.717, 1.165) is 12.1 Å². The lowest BCUT2D eigenvalue weighted by Crippen LogP contribution is -2.22. The fraction of sp³-hybridized carbons (Fsp3) is 0.417. The number of carboxylic acid groups (broad SMARTS) is 1. The maximum Gasteiger partial charge on any atom is 0.309 e. The van der Waals surface area contributed by atoms with Crippen molar-refractivity contribution in [3.8, 4) is 0 Å². The van der Waals surface area contributed by atoms with Crippen LogP contribution in [0.4, 0.5) is 0 Å². The first kappa shape index (κ1) is 12.3. The van der Waals surface area contributed by atoms with E-state index in [9.17, 15) is 9.59 Å². The van der Waals surface area contributed by atoms with Gasteiger partial charge in [0.1, 0.15) is 5.65 Å². The Labute approximate surface area is 103 Å². The molecule has 6 heteroatoms. The highest BCUT2D eigenvalue weighted by Crippen LogP contribution is 2.09. The number of aryl methyl sites for hydroxylation is 2. The Morgan fingerprint density at radius 3 is 2.67 bits per heavy atom. The maximum absolute atomic E-state index is 11.9. The highest BCUT2D eigenvalue weighted by atomic mass is 16.4. The molecule has 18 heavy (non-hydrogen) atoms. The SMILES string of the molecule is CCc1cc2n(CC)c(CC(=O)O)cc(=O)n2n1. The zero-order chi connectivity index (χ0) is 13.3. The molecule has 2 aromatic rings. The fourth-order valence-electron chi connectivity index (χ4n) is 2.04. The molecule has 2 rings (SSSR count). The monoisotopic (exact) mass is 249 g/mol. The van der Waals surface area contributed by atoms with E-state index in [-0.39, 0.29) is 12.0 Å². The number of carbonyl (C=O) groups is 1. The van der Waals surface area contributed by atoms with Crippen LogP contribution in [0, 0.1) is 0 Å². The van der Waals surface area contributed by atoms with Crippen LogP contribution >= 0.6 is 0 Å². The average Bonchev–Trinajstić information content (AvgIpc) is 2.73. The summed E-state index contributed by atoms with van der Waals surface area (Å²) in [6, 6.07) is 3.17. The lowest BCUT2D eigenvalue weighted by atomic mass is 10.2. The molecule has 0 aliphatic carbocycles. The summed E-state index contributed by atoms with van der Waals surface area (Å²) in [4.78, 5) is 22.7. The minimum atomic E-state index is -0.948. The number of carboxylic acids is 1. The van der Waals surface area contributed by atoms with Gasteiger partial charge in [-0.15, -0.1) is 0 Å². The smallest absolute Gasteiger partial charge is 0.309 e. The minimum absolute atomic E-state index is 0.160. The summed E-state index contributed by atoms with van der Waals surface area (Å²) in [6.45, 7) is 4.47. The topological polar surface area (TPSA) is 76.6 Å². The first-order valence-corrected chi connectivity index (χ1v) is 5.90. The van der Waals surface area contributed by atoms with Gasteiger partial charge in [0.15, 0.2) is 0 Å². The van der Waals surface area contributed by atoms with Gasteiger partial charge >= 0.3 is 5.97 Å². The zero-order valence-electron chi connectivity index (χ0n) is 10.4. The molecular weight excluding hydrogens is 234 g/mol. The van der Waals surface area contributed by atoms with E-state index >= 15 is 0 Å². The number of aromatic nitrogens is 3. The van der Waals surface area contributed by atoms with Gasteiger partial charge in [0.25, 0.3) is 5.56 Å². The summed E-state index contributed by atoms with van der Waals surface area (Å²) in [7, 11) is 0. The average molecular weight is 249 g/mol. The quantitative estimate of drug-likeness (QED) is 0.865. The van der Waals surface area contributed by atoms with Crippen LogP contribution in [0.2, 0.25) is 0 Å². The molecule has 2 aromatic heterocycles. The Morgan fingerprint density at radius 1 is 1.39 bits per heavy atom. The van der Waals surface area contributed by atoms with Crippen molar-refractivity contribution in [2.75, 3.05) is 0 Å². The Bertz CT molecular complexity index is 654. The second kappa shape index (κ2) is 4.64. The summed E-state index contributed by atoms with van der Waals surface area (Å²) >= 11 is 0. The Balaban J connectivity index is 2.73. The van der Waals surface area contributed by atoms with Crippen LogP contribution in [0.15, 0.2) is 16.9 Å². The predicted octanol–water partition coefficient (Wildman–Crippen LogP) is 0.705. The number of rotatable bonds is 4. The zero-order valence-corrected chi connectivity index (χ0v) is 10.4. The van der Waals surface area contributed by atoms with E-state index in [0.29, 0.717) is 17.9 Å². The van der Waals surface area contributed by atoms with Crippen LogP contribution in [0.5, 0.6) is 0 Å². The van der Waals surface area contributed by atoms with Gasteiger partial charge < -0.3 is 9.67 Å². The van der Waals surface area contributed by atoms with Crippen LogP contribution in [0.3, 0.4) is 0 Å². The van der Waals surface area contributed by atoms with E-state index in [1.165, 1.54) is 10.6 Å². The normalized spacial score (nSPS) is 11.0. The van der Waals surface area contributed by atoms with Gasteiger partial charge in [-0.2, -0.15) is 9.61 Å². The van der Waals surface area contributed by atoms with Crippen molar-refractivity contribution in [1.29, 1.82) is 0 Å². The lowest BCUT2D eigenvalue weighted by Gasteiger charge is -2.11. The Kier molecular flexibility index (Phi) is 3.18. The second-order valence-electron chi connectivity index (χ2n) is 4.05. The highest BCUT2D eigenvalue weighted by Gasteiger charge is 2.12. The van der Waals surface area contributed by atoms with E-state index in [1.54, 1.807) is 0 Å². The molecule has 0 fully saturated rings.